The molecule has 2 aromatic heterocycles. The van der Waals surface area contributed by atoms with Gasteiger partial charge in [0, 0.05) is 31.0 Å². The van der Waals surface area contributed by atoms with Gasteiger partial charge >= 0.3 is 0 Å². The summed E-state index contributed by atoms with van der Waals surface area (Å²) in [5.41, 5.74) is 6.21. The molecule has 7 heteroatoms. The smallest absolute Gasteiger partial charge is 0.250 e. The lowest BCUT2D eigenvalue weighted by molar-refractivity contribution is -0.123. The lowest BCUT2D eigenvalue weighted by atomic mass is 9.62. The maximum Gasteiger partial charge on any atom is 0.250 e. The van der Waals surface area contributed by atoms with Crippen LogP contribution >= 0.6 is 11.6 Å². The lowest BCUT2D eigenvalue weighted by Gasteiger charge is -2.46. The molecule has 0 saturated heterocycles. The topological polar surface area (TPSA) is 67.6 Å². The molecule has 0 spiro atoms. The van der Waals surface area contributed by atoms with Crippen molar-refractivity contribution in [2.45, 2.75) is 24.2 Å². The van der Waals surface area contributed by atoms with E-state index in [0.717, 1.165) is 0 Å². The summed E-state index contributed by atoms with van der Waals surface area (Å²) < 4.78 is 26.4. The Hall–Kier alpha value is -1.27. The molecule has 1 aliphatic rings. The van der Waals surface area contributed by atoms with Gasteiger partial charge < -0.3 is 10.7 Å². The molecule has 1 fully saturated rings. The number of alkyl halides is 2. The number of aromatic amines is 1. The average Bonchev–Trinajstić information content (AvgIpc) is 2.71. The van der Waals surface area contributed by atoms with E-state index in [9.17, 15) is 8.78 Å². The van der Waals surface area contributed by atoms with Gasteiger partial charge in [0.2, 0.25) is 5.92 Å². The average molecular weight is 273 g/mol. The molecule has 2 aromatic rings. The number of hydrogen-bond donors (Lipinski definition) is 2. The highest BCUT2D eigenvalue weighted by atomic mass is 35.5. The lowest BCUT2D eigenvalue weighted by Crippen LogP contribution is -2.53. The van der Waals surface area contributed by atoms with Crippen LogP contribution in [0.15, 0.2) is 12.5 Å². The normalized spacial score (nSPS) is 20.9. The minimum Gasteiger partial charge on any atom is -0.346 e. The molecule has 3 rings (SSSR count). The molecule has 1 aliphatic carbocycles. The summed E-state index contributed by atoms with van der Waals surface area (Å²) in [6, 6.07) is 0. The summed E-state index contributed by atoms with van der Waals surface area (Å²) in [6.45, 7) is 0.154. The zero-order valence-corrected chi connectivity index (χ0v) is 10.1. The van der Waals surface area contributed by atoms with Crippen LogP contribution in [0.4, 0.5) is 8.78 Å². The van der Waals surface area contributed by atoms with Crippen molar-refractivity contribution in [3.8, 4) is 0 Å². The van der Waals surface area contributed by atoms with Crippen LogP contribution in [0.2, 0.25) is 5.15 Å². The Morgan fingerprint density at radius 3 is 2.72 bits per heavy atom. The second-order valence-corrected chi connectivity index (χ2v) is 5.14. The van der Waals surface area contributed by atoms with Gasteiger partial charge in [0.05, 0.1) is 5.39 Å². The van der Waals surface area contributed by atoms with E-state index in [0.29, 0.717) is 16.6 Å². The number of nitrogens with one attached hydrogen (secondary N) is 1. The summed E-state index contributed by atoms with van der Waals surface area (Å²) in [5.74, 6) is -2.65. The van der Waals surface area contributed by atoms with E-state index in [1.807, 2.05) is 0 Å². The van der Waals surface area contributed by atoms with Crippen molar-refractivity contribution in [1.82, 2.24) is 15.0 Å². The molecule has 2 heterocycles. The molecule has 18 heavy (non-hydrogen) atoms. The molecule has 0 amide bonds. The van der Waals surface area contributed by atoms with Gasteiger partial charge in [-0.2, -0.15) is 0 Å². The number of hydrogen-bond acceptors (Lipinski definition) is 3. The van der Waals surface area contributed by atoms with Crippen LogP contribution in [0.1, 0.15) is 18.4 Å². The van der Waals surface area contributed by atoms with E-state index in [1.165, 1.54) is 6.33 Å². The largest absolute Gasteiger partial charge is 0.346 e. The van der Waals surface area contributed by atoms with Crippen LogP contribution in [0.25, 0.3) is 11.0 Å². The maximum absolute atomic E-state index is 13.2. The zero-order valence-electron chi connectivity index (χ0n) is 9.38. The summed E-state index contributed by atoms with van der Waals surface area (Å²) in [4.78, 5) is 10.8. The molecule has 0 aliphatic heterocycles. The summed E-state index contributed by atoms with van der Waals surface area (Å²) in [5, 5.41) is 0.861. The summed E-state index contributed by atoms with van der Waals surface area (Å²) in [6.07, 6.45) is 2.48. The van der Waals surface area contributed by atoms with E-state index in [2.05, 4.69) is 15.0 Å². The second-order valence-electron chi connectivity index (χ2n) is 4.78. The van der Waals surface area contributed by atoms with Crippen molar-refractivity contribution in [1.29, 1.82) is 0 Å². The maximum atomic E-state index is 13.2. The zero-order chi connectivity index (χ0) is 13.0. The van der Waals surface area contributed by atoms with Gasteiger partial charge in [-0.15, -0.1) is 0 Å². The van der Waals surface area contributed by atoms with Crippen molar-refractivity contribution in [2.75, 3.05) is 6.54 Å². The molecule has 3 N–H and O–H groups in total. The first-order chi connectivity index (χ1) is 8.47. The van der Waals surface area contributed by atoms with E-state index < -0.39 is 11.3 Å². The van der Waals surface area contributed by atoms with E-state index in [1.54, 1.807) is 6.20 Å². The van der Waals surface area contributed by atoms with Gasteiger partial charge in [0.1, 0.15) is 17.1 Å². The van der Waals surface area contributed by atoms with Gasteiger partial charge in [-0.25, -0.2) is 18.7 Å². The Kier molecular flexibility index (Phi) is 2.37. The van der Waals surface area contributed by atoms with Crippen molar-refractivity contribution in [2.24, 2.45) is 5.73 Å². The fraction of sp³-hybridized carbons (Fsp3) is 0.455. The van der Waals surface area contributed by atoms with Crippen LogP contribution in [-0.4, -0.2) is 27.4 Å². The quantitative estimate of drug-likeness (QED) is 0.824. The Morgan fingerprint density at radius 1 is 1.39 bits per heavy atom. The molecular formula is C11H11ClF2N4. The van der Waals surface area contributed by atoms with Gasteiger partial charge in [0.15, 0.2) is 0 Å². The fourth-order valence-corrected chi connectivity index (χ4v) is 2.96. The summed E-state index contributed by atoms with van der Waals surface area (Å²) in [7, 11) is 0. The monoisotopic (exact) mass is 272 g/mol. The van der Waals surface area contributed by atoms with Crippen LogP contribution in [0.5, 0.6) is 0 Å². The first-order valence-corrected chi connectivity index (χ1v) is 5.91. The highest BCUT2D eigenvalue weighted by molar-refractivity contribution is 6.34. The Morgan fingerprint density at radius 2 is 2.11 bits per heavy atom. The molecular weight excluding hydrogens is 262 g/mol. The Bertz CT molecular complexity index is 602. The number of nitrogens with two attached hydrogens (primary N) is 1. The van der Waals surface area contributed by atoms with Gasteiger partial charge in [-0.1, -0.05) is 11.6 Å². The van der Waals surface area contributed by atoms with E-state index >= 15 is 0 Å². The van der Waals surface area contributed by atoms with Crippen molar-refractivity contribution >= 4 is 22.6 Å². The Labute approximate surface area is 107 Å². The third kappa shape index (κ3) is 1.52. The Balaban J connectivity index is 2.15. The molecule has 0 atom stereocenters. The highest BCUT2D eigenvalue weighted by Gasteiger charge is 2.57. The second kappa shape index (κ2) is 3.61. The molecule has 0 aromatic carbocycles. The first kappa shape index (κ1) is 11.8. The van der Waals surface area contributed by atoms with Crippen molar-refractivity contribution < 1.29 is 8.78 Å². The minimum atomic E-state index is -2.65. The van der Waals surface area contributed by atoms with Crippen molar-refractivity contribution in [3.63, 3.8) is 0 Å². The van der Waals surface area contributed by atoms with Gasteiger partial charge in [-0.3, -0.25) is 0 Å². The molecule has 1 saturated carbocycles. The predicted molar refractivity (Wildman–Crippen MR) is 63.8 cm³/mol. The fourth-order valence-electron chi connectivity index (χ4n) is 2.73. The van der Waals surface area contributed by atoms with Crippen LogP contribution < -0.4 is 5.73 Å². The van der Waals surface area contributed by atoms with Crippen LogP contribution in [0.3, 0.4) is 0 Å². The summed E-state index contributed by atoms with van der Waals surface area (Å²) >= 11 is 6.02. The number of fused-ring (bicyclic) bond motifs is 1. The number of rotatable bonds is 2. The predicted octanol–water partition coefficient (Wildman–Crippen LogP) is 2.24. The van der Waals surface area contributed by atoms with Crippen molar-refractivity contribution in [3.05, 3.63) is 23.2 Å². The van der Waals surface area contributed by atoms with Gasteiger partial charge in [-0.05, 0) is 5.56 Å². The molecule has 0 radical (unpaired) electrons. The molecule has 0 bridgehead atoms. The number of H-pyrrole nitrogens is 1. The third-order valence-corrected chi connectivity index (χ3v) is 3.87. The SMILES string of the molecule is NCC1(c2c[nH]c3ncnc(Cl)c23)CC(F)(F)C1. The molecule has 96 valence electrons. The number of nitrogens with zero attached hydrogens (tertiary/aromatic N) is 2. The van der Waals surface area contributed by atoms with E-state index in [-0.39, 0.29) is 24.5 Å². The van der Waals surface area contributed by atoms with Crippen LogP contribution in [0, 0.1) is 0 Å². The highest BCUT2D eigenvalue weighted by Crippen LogP contribution is 2.54. The molecule has 4 nitrogen and oxygen atoms in total. The van der Waals surface area contributed by atoms with Gasteiger partial charge in [0.25, 0.3) is 0 Å². The van der Waals surface area contributed by atoms with Crippen LogP contribution in [-0.2, 0) is 5.41 Å². The molecule has 0 unspecified atom stereocenters. The third-order valence-electron chi connectivity index (χ3n) is 3.58. The van der Waals surface area contributed by atoms with E-state index in [4.69, 9.17) is 17.3 Å². The first-order valence-electron chi connectivity index (χ1n) is 5.53. The minimum absolute atomic E-state index is 0.154. The standard InChI is InChI=1S/C11H11ClF2N4/c12-8-7-6(1-16-9(7)18-5-17-8)10(4-15)2-11(13,14)3-10/h1,5H,2-4,15H2,(H,16,17,18). The number of halogens is 3. The number of aromatic nitrogens is 3.